The van der Waals surface area contributed by atoms with E-state index in [4.69, 9.17) is 14.5 Å². The molecule has 3 atom stereocenters. The topological polar surface area (TPSA) is 101 Å². The molecule has 2 aliphatic carbocycles. The Morgan fingerprint density at radius 1 is 1.24 bits per heavy atom. The number of allylic oxidation sites excluding steroid dienone is 2. The summed E-state index contributed by atoms with van der Waals surface area (Å²) in [5, 5.41) is 13.0. The molecule has 8 heteroatoms. The van der Waals surface area contributed by atoms with Crippen molar-refractivity contribution in [2.45, 2.75) is 65.2 Å². The molecule has 1 N–H and O–H groups in total. The minimum absolute atomic E-state index is 0.0968. The Bertz CT molecular complexity index is 1210. The molecule has 1 aromatic carbocycles. The van der Waals surface area contributed by atoms with E-state index in [9.17, 15) is 14.9 Å². The molecule has 1 heterocycles. The zero-order chi connectivity index (χ0) is 27.2. The number of ether oxygens (including phenoxy) is 2. The quantitative estimate of drug-likeness (QED) is 0.321. The van der Waals surface area contributed by atoms with Crippen LogP contribution in [0.5, 0.6) is 11.5 Å². The minimum atomic E-state index is -0.526. The second kappa shape index (κ2) is 12.8. The number of aliphatic imine (C=N–C) groups is 1. The van der Waals surface area contributed by atoms with Gasteiger partial charge in [-0.05, 0) is 85.2 Å². The van der Waals surface area contributed by atoms with Gasteiger partial charge >= 0.3 is 0 Å². The number of nitrogens with zero attached hydrogens (tertiary/aromatic N) is 2. The first-order valence-corrected chi connectivity index (χ1v) is 14.4. The number of Topliss-reactive ketones (excluding diaryl/α,β-unsaturated/α-hetero) is 1. The number of carbonyl (C=O) groups excluding carboxylic acids is 2. The lowest BCUT2D eigenvalue weighted by atomic mass is 9.70. The van der Waals surface area contributed by atoms with Crippen LogP contribution in [0, 0.1) is 29.1 Å². The molecule has 0 radical (unpaired) electrons. The maximum Gasteiger partial charge on any atom is 0.223 e. The monoisotopic (exact) mass is 581 g/mol. The van der Waals surface area contributed by atoms with Crippen LogP contribution in [0.3, 0.4) is 0 Å². The number of nitriles is 1. The van der Waals surface area contributed by atoms with Crippen LogP contribution in [0.1, 0.15) is 70.8 Å². The summed E-state index contributed by atoms with van der Waals surface area (Å²) >= 11 is 3.65. The van der Waals surface area contributed by atoms with E-state index >= 15 is 0 Å². The summed E-state index contributed by atoms with van der Waals surface area (Å²) in [4.78, 5) is 29.9. The minimum Gasteiger partial charge on any atom is -0.490 e. The van der Waals surface area contributed by atoms with Crippen molar-refractivity contribution < 1.29 is 19.1 Å². The summed E-state index contributed by atoms with van der Waals surface area (Å²) in [6.45, 7) is 7.14. The van der Waals surface area contributed by atoms with E-state index in [-0.39, 0.29) is 17.6 Å². The highest BCUT2D eigenvalue weighted by Gasteiger charge is 2.41. The summed E-state index contributed by atoms with van der Waals surface area (Å²) in [7, 11) is 0. The Hall–Kier alpha value is -2.92. The van der Waals surface area contributed by atoms with Gasteiger partial charge in [0.05, 0.1) is 23.1 Å². The fraction of sp³-hybridized carbons (Fsp3) is 0.533. The average Bonchev–Trinajstić information content (AvgIpc) is 3.72. The summed E-state index contributed by atoms with van der Waals surface area (Å²) in [6, 6.07) is 6.23. The summed E-state index contributed by atoms with van der Waals surface area (Å²) in [5.41, 5.74) is 3.09. The first-order valence-electron chi connectivity index (χ1n) is 13.6. The van der Waals surface area contributed by atoms with Gasteiger partial charge in [-0.1, -0.05) is 19.4 Å². The number of nitrogens with one attached hydrogen (secondary N) is 1. The van der Waals surface area contributed by atoms with Gasteiger partial charge in [-0.3, -0.25) is 14.6 Å². The van der Waals surface area contributed by atoms with Crippen LogP contribution >= 0.6 is 15.9 Å². The van der Waals surface area contributed by atoms with Crippen LogP contribution in [0.25, 0.3) is 0 Å². The second-order valence-electron chi connectivity index (χ2n) is 10.2. The zero-order valence-electron chi connectivity index (χ0n) is 22.4. The van der Waals surface area contributed by atoms with Gasteiger partial charge in [0.25, 0.3) is 0 Å². The third kappa shape index (κ3) is 6.37. The number of rotatable bonds is 11. The molecule has 0 saturated heterocycles. The highest BCUT2D eigenvalue weighted by molar-refractivity contribution is 9.10. The summed E-state index contributed by atoms with van der Waals surface area (Å²) < 4.78 is 12.7. The van der Waals surface area contributed by atoms with Gasteiger partial charge in [-0.15, -0.1) is 0 Å². The van der Waals surface area contributed by atoms with E-state index in [1.807, 2.05) is 38.1 Å². The van der Waals surface area contributed by atoms with Crippen molar-refractivity contribution in [3.05, 3.63) is 45.6 Å². The third-order valence-corrected chi connectivity index (χ3v) is 7.92. The fourth-order valence-corrected chi connectivity index (χ4v) is 5.95. The fourth-order valence-electron chi connectivity index (χ4n) is 5.38. The number of hydrogen-bond donors (Lipinski definition) is 1. The van der Waals surface area contributed by atoms with Crippen molar-refractivity contribution in [1.29, 1.82) is 5.26 Å². The van der Waals surface area contributed by atoms with Gasteiger partial charge in [0.1, 0.15) is 6.61 Å². The molecular formula is C30H36BrN3O4. The highest BCUT2D eigenvalue weighted by atomic mass is 79.9. The van der Waals surface area contributed by atoms with Crippen molar-refractivity contribution in [2.75, 3.05) is 19.8 Å². The van der Waals surface area contributed by atoms with Gasteiger partial charge in [-0.2, -0.15) is 5.26 Å². The smallest absolute Gasteiger partial charge is 0.223 e. The normalized spacial score (nSPS) is 23.1. The Kier molecular flexibility index (Phi) is 9.43. The Morgan fingerprint density at radius 3 is 2.71 bits per heavy atom. The van der Waals surface area contributed by atoms with Gasteiger partial charge in [0.15, 0.2) is 17.3 Å². The molecule has 1 aromatic rings. The predicted molar refractivity (Wildman–Crippen MR) is 150 cm³/mol. The number of benzene rings is 1. The van der Waals surface area contributed by atoms with E-state index in [0.717, 1.165) is 49.1 Å². The van der Waals surface area contributed by atoms with Crippen LogP contribution in [-0.4, -0.2) is 37.2 Å². The third-order valence-electron chi connectivity index (χ3n) is 7.33. The predicted octanol–water partition coefficient (Wildman–Crippen LogP) is 6.04. The van der Waals surface area contributed by atoms with E-state index < -0.39 is 11.8 Å². The van der Waals surface area contributed by atoms with Crippen LogP contribution in [-0.2, 0) is 9.59 Å². The van der Waals surface area contributed by atoms with E-state index in [2.05, 4.69) is 34.2 Å². The van der Waals surface area contributed by atoms with Crippen molar-refractivity contribution in [3.63, 3.8) is 0 Å². The molecule has 1 amide bonds. The molecule has 1 aliphatic heterocycles. The molecule has 7 nitrogen and oxygen atoms in total. The number of ketones is 1. The second-order valence-corrected chi connectivity index (χ2v) is 11.1. The van der Waals surface area contributed by atoms with E-state index in [0.29, 0.717) is 53.6 Å². The number of carbonyl (C=O) groups is 2. The molecular weight excluding hydrogens is 546 g/mol. The van der Waals surface area contributed by atoms with Crippen molar-refractivity contribution in [2.24, 2.45) is 22.7 Å². The maximum atomic E-state index is 13.4. The number of halogens is 1. The molecule has 4 rings (SSSR count). The highest BCUT2D eigenvalue weighted by Crippen LogP contribution is 2.48. The van der Waals surface area contributed by atoms with Crippen LogP contribution in [0.15, 0.2) is 45.0 Å². The maximum absolute atomic E-state index is 13.4. The van der Waals surface area contributed by atoms with Crippen LogP contribution in [0.4, 0.5) is 0 Å². The summed E-state index contributed by atoms with van der Waals surface area (Å²) in [5.74, 6) is 0.892. The SMILES string of the molecule is CCCC1CC(=O)C2=C(C1)N=C(C)C(C#N)C2c1cc(Br)c(OCC=CCNC(=O)C2CC2)c(OCC)c1. The molecule has 202 valence electrons. The van der Waals surface area contributed by atoms with Crippen molar-refractivity contribution in [1.82, 2.24) is 5.32 Å². The van der Waals surface area contributed by atoms with Gasteiger partial charge in [0, 0.05) is 41.8 Å². The van der Waals surface area contributed by atoms with Crippen molar-refractivity contribution >= 4 is 33.3 Å². The number of amides is 1. The van der Waals surface area contributed by atoms with E-state index in [1.165, 1.54) is 0 Å². The largest absolute Gasteiger partial charge is 0.490 e. The lowest BCUT2D eigenvalue weighted by molar-refractivity contribution is -0.122. The van der Waals surface area contributed by atoms with Gasteiger partial charge < -0.3 is 14.8 Å². The molecule has 1 fully saturated rings. The van der Waals surface area contributed by atoms with Gasteiger partial charge in [0.2, 0.25) is 5.91 Å². The average molecular weight is 583 g/mol. The van der Waals surface area contributed by atoms with Crippen LogP contribution < -0.4 is 14.8 Å². The first-order chi connectivity index (χ1) is 18.4. The molecule has 0 spiro atoms. The molecule has 1 saturated carbocycles. The molecule has 0 bridgehead atoms. The Morgan fingerprint density at radius 2 is 2.03 bits per heavy atom. The molecule has 38 heavy (non-hydrogen) atoms. The van der Waals surface area contributed by atoms with E-state index in [1.54, 1.807) is 0 Å². The lowest BCUT2D eigenvalue weighted by Crippen LogP contribution is -2.32. The zero-order valence-corrected chi connectivity index (χ0v) is 24.0. The molecule has 0 aromatic heterocycles. The van der Waals surface area contributed by atoms with Crippen LogP contribution in [0.2, 0.25) is 0 Å². The van der Waals surface area contributed by atoms with Gasteiger partial charge in [-0.25, -0.2) is 0 Å². The Balaban J connectivity index is 1.57. The Labute approximate surface area is 233 Å². The number of hydrogen-bond acceptors (Lipinski definition) is 6. The summed E-state index contributed by atoms with van der Waals surface area (Å²) in [6.07, 6.45) is 9.01. The van der Waals surface area contributed by atoms with Crippen molar-refractivity contribution in [3.8, 4) is 17.6 Å². The molecule has 3 unspecified atom stereocenters. The lowest BCUT2D eigenvalue weighted by Gasteiger charge is -2.35. The first kappa shape index (κ1) is 28.1. The standard InChI is InChI=1S/C30H36BrN3O4/c1-4-8-19-13-24-28(25(35)14-19)27(22(17-32)18(3)34-24)21-15-23(31)29(26(16-21)37-5-2)38-12-7-6-11-33-30(36)20-9-10-20/h6-7,15-16,19-20,22,27H,4-5,8-14H2,1-3H3,(H,33,36). The molecule has 3 aliphatic rings.